The first-order valence-electron chi connectivity index (χ1n) is 11.5. The fourth-order valence-corrected chi connectivity index (χ4v) is 4.34. The first-order valence-corrected chi connectivity index (χ1v) is 11.5. The minimum Gasteiger partial charge on any atom is -0.405 e. The van der Waals surface area contributed by atoms with Gasteiger partial charge in [-0.05, 0) is 93.5 Å². The summed E-state index contributed by atoms with van der Waals surface area (Å²) in [4.78, 5) is 7.27. The van der Waals surface area contributed by atoms with E-state index in [0.29, 0.717) is 11.5 Å². The van der Waals surface area contributed by atoms with Crippen LogP contribution in [0, 0.1) is 0 Å². The Morgan fingerprint density at radius 2 is 1.91 bits per heavy atom. The van der Waals surface area contributed by atoms with E-state index in [9.17, 15) is 13.2 Å². The average molecular weight is 470 g/mol. The monoisotopic (exact) mass is 469 g/mol. The summed E-state index contributed by atoms with van der Waals surface area (Å²) >= 11 is 0. The van der Waals surface area contributed by atoms with Gasteiger partial charge in [0, 0.05) is 23.5 Å². The Balaban J connectivity index is 1.59. The maximum Gasteiger partial charge on any atom is 0.416 e. The molecule has 0 saturated carbocycles. The molecule has 2 aliphatic heterocycles. The molecule has 2 heterocycles. The van der Waals surface area contributed by atoms with E-state index in [1.165, 1.54) is 36.7 Å². The number of halogens is 3. The maximum atomic E-state index is 12.9. The van der Waals surface area contributed by atoms with Gasteiger partial charge in [-0.1, -0.05) is 17.7 Å². The molecule has 4 rings (SSSR count). The number of likely N-dealkylation sites (tertiary alicyclic amines) is 1. The summed E-state index contributed by atoms with van der Waals surface area (Å²) in [5.41, 5.74) is 9.53. The van der Waals surface area contributed by atoms with Crippen molar-refractivity contribution in [1.82, 2.24) is 4.90 Å². The Labute approximate surface area is 198 Å². The number of nitrogens with one attached hydrogen (secondary N) is 2. The molecule has 0 radical (unpaired) electrons. The fraction of sp³-hybridized carbons (Fsp3) is 0.346. The van der Waals surface area contributed by atoms with Crippen molar-refractivity contribution in [2.24, 2.45) is 10.7 Å². The van der Waals surface area contributed by atoms with Crippen molar-refractivity contribution in [1.29, 1.82) is 0 Å². The zero-order valence-electron chi connectivity index (χ0n) is 19.2. The smallest absolute Gasteiger partial charge is 0.405 e. The van der Waals surface area contributed by atoms with E-state index >= 15 is 0 Å². The lowest BCUT2D eigenvalue weighted by Gasteiger charge is -2.29. The predicted molar refractivity (Wildman–Crippen MR) is 132 cm³/mol. The number of allylic oxidation sites excluding steroid dienone is 3. The molecule has 0 amide bonds. The number of fused-ring (bicyclic) bond motifs is 1. The van der Waals surface area contributed by atoms with Gasteiger partial charge in [0.25, 0.3) is 0 Å². The number of rotatable bonds is 6. The van der Waals surface area contributed by atoms with E-state index < -0.39 is 11.7 Å². The minimum atomic E-state index is -4.36. The first kappa shape index (κ1) is 23.9. The number of hydrogen-bond acceptors (Lipinski definition) is 5. The Morgan fingerprint density at radius 3 is 2.59 bits per heavy atom. The van der Waals surface area contributed by atoms with Crippen LogP contribution in [0.1, 0.15) is 36.5 Å². The van der Waals surface area contributed by atoms with Crippen LogP contribution in [0.4, 0.5) is 24.5 Å². The number of aliphatic imine (C=N–C) groups is 1. The molecule has 1 saturated heterocycles. The Bertz CT molecular complexity index is 1080. The number of alkyl halides is 3. The Hall–Kier alpha value is -3.26. The molecule has 4 N–H and O–H groups in total. The van der Waals surface area contributed by atoms with Gasteiger partial charge in [-0.25, -0.2) is 4.99 Å². The van der Waals surface area contributed by atoms with Crippen molar-refractivity contribution in [2.75, 3.05) is 30.3 Å². The van der Waals surface area contributed by atoms with Crippen LogP contribution in [-0.2, 0) is 12.6 Å². The second kappa shape index (κ2) is 10.3. The lowest BCUT2D eigenvalue weighted by atomic mass is 10.0. The molecule has 1 fully saturated rings. The largest absolute Gasteiger partial charge is 0.416 e. The zero-order chi connectivity index (χ0) is 24.1. The number of anilines is 2. The maximum absolute atomic E-state index is 12.9. The molecule has 34 heavy (non-hydrogen) atoms. The van der Waals surface area contributed by atoms with Crippen molar-refractivity contribution in [3.63, 3.8) is 0 Å². The number of hydrogen-bond donors (Lipinski definition) is 3. The summed E-state index contributed by atoms with van der Waals surface area (Å²) < 4.78 is 38.8. The third kappa shape index (κ3) is 5.99. The topological polar surface area (TPSA) is 65.7 Å². The van der Waals surface area contributed by atoms with Crippen LogP contribution < -0.4 is 16.4 Å². The molecule has 180 valence electrons. The Morgan fingerprint density at radius 1 is 1.18 bits per heavy atom. The number of benzene rings is 2. The normalized spacial score (nSPS) is 19.1. The van der Waals surface area contributed by atoms with E-state index in [2.05, 4.69) is 34.6 Å². The van der Waals surface area contributed by atoms with E-state index in [4.69, 9.17) is 10.7 Å². The third-order valence-corrected chi connectivity index (χ3v) is 6.03. The molecule has 8 heteroatoms. The van der Waals surface area contributed by atoms with Crippen molar-refractivity contribution >= 4 is 17.2 Å². The fourth-order valence-electron chi connectivity index (χ4n) is 4.34. The predicted octanol–water partition coefficient (Wildman–Crippen LogP) is 5.37. The van der Waals surface area contributed by atoms with E-state index in [0.717, 1.165) is 55.0 Å². The van der Waals surface area contributed by atoms with Crippen LogP contribution in [0.2, 0.25) is 0 Å². The van der Waals surface area contributed by atoms with Crippen LogP contribution in [0.3, 0.4) is 0 Å². The van der Waals surface area contributed by atoms with Gasteiger partial charge in [-0.3, -0.25) is 4.90 Å². The summed E-state index contributed by atoms with van der Waals surface area (Å²) in [5.74, 6) is 0.655. The summed E-state index contributed by atoms with van der Waals surface area (Å²) in [7, 11) is 0. The van der Waals surface area contributed by atoms with Gasteiger partial charge >= 0.3 is 6.18 Å². The SMILES string of the molecule is C/C(=C/C=C\N)Cc1ccc2c(c1)NC(CN1CCCC1)N=C2Nc1ccc(C(F)(F)F)cc1. The highest BCUT2D eigenvalue weighted by Gasteiger charge is 2.30. The van der Waals surface area contributed by atoms with Gasteiger partial charge in [-0.2, -0.15) is 13.2 Å². The molecular formula is C26H30F3N5. The first-order chi connectivity index (χ1) is 16.3. The van der Waals surface area contributed by atoms with Crippen molar-refractivity contribution < 1.29 is 13.2 Å². The summed E-state index contributed by atoms with van der Waals surface area (Å²) in [6, 6.07) is 11.2. The van der Waals surface area contributed by atoms with Gasteiger partial charge in [0.1, 0.15) is 12.0 Å². The van der Waals surface area contributed by atoms with Crippen LogP contribution in [0.25, 0.3) is 0 Å². The van der Waals surface area contributed by atoms with Gasteiger partial charge < -0.3 is 16.4 Å². The third-order valence-electron chi connectivity index (χ3n) is 6.03. The quantitative estimate of drug-likeness (QED) is 0.498. The van der Waals surface area contributed by atoms with Crippen molar-refractivity contribution in [2.45, 2.75) is 38.5 Å². The molecule has 0 aromatic heterocycles. The van der Waals surface area contributed by atoms with Crippen LogP contribution in [-0.4, -0.2) is 36.5 Å². The molecule has 1 atom stereocenters. The van der Waals surface area contributed by atoms with Crippen molar-refractivity contribution in [3.05, 3.63) is 83.1 Å². The highest BCUT2D eigenvalue weighted by Crippen LogP contribution is 2.31. The van der Waals surface area contributed by atoms with Gasteiger partial charge in [0.15, 0.2) is 0 Å². The number of amidine groups is 1. The second-order valence-electron chi connectivity index (χ2n) is 8.80. The summed E-state index contributed by atoms with van der Waals surface area (Å²) in [5, 5.41) is 6.80. The van der Waals surface area contributed by atoms with Crippen molar-refractivity contribution in [3.8, 4) is 0 Å². The standard InChI is InChI=1S/C26H30F3N5/c1-18(5-4-12-30)15-19-6-11-22-23(16-19)32-24(17-34-13-2-3-14-34)33-25(22)31-21-9-7-20(8-10-21)26(27,28)29/h4-12,16,24,32H,2-3,13-15,17,30H2,1H3,(H,31,33)/b12-4-,18-5-. The molecule has 2 aromatic rings. The van der Waals surface area contributed by atoms with Crippen LogP contribution >= 0.6 is 0 Å². The van der Waals surface area contributed by atoms with Crippen LogP contribution in [0.5, 0.6) is 0 Å². The molecule has 2 aliphatic rings. The minimum absolute atomic E-state index is 0.144. The lowest BCUT2D eigenvalue weighted by molar-refractivity contribution is -0.137. The summed E-state index contributed by atoms with van der Waals surface area (Å²) in [6.07, 6.45) is 3.98. The second-order valence-corrected chi connectivity index (χ2v) is 8.80. The lowest BCUT2D eigenvalue weighted by Crippen LogP contribution is -2.38. The Kier molecular flexibility index (Phi) is 7.26. The van der Waals surface area contributed by atoms with E-state index in [1.54, 1.807) is 0 Å². The number of nitrogens with zero attached hydrogens (tertiary/aromatic N) is 2. The summed E-state index contributed by atoms with van der Waals surface area (Å²) in [6.45, 7) is 4.95. The highest BCUT2D eigenvalue weighted by atomic mass is 19.4. The van der Waals surface area contributed by atoms with E-state index in [1.807, 2.05) is 18.2 Å². The average Bonchev–Trinajstić information content (AvgIpc) is 3.30. The van der Waals surface area contributed by atoms with Crippen LogP contribution in [0.15, 0.2) is 71.4 Å². The molecule has 5 nitrogen and oxygen atoms in total. The molecule has 2 aromatic carbocycles. The number of nitrogens with two attached hydrogens (primary N) is 1. The molecule has 0 bridgehead atoms. The highest BCUT2D eigenvalue weighted by molar-refractivity contribution is 6.12. The molecule has 1 unspecified atom stereocenters. The van der Waals surface area contributed by atoms with Gasteiger partial charge in [0.2, 0.25) is 0 Å². The van der Waals surface area contributed by atoms with E-state index in [-0.39, 0.29) is 6.17 Å². The van der Waals surface area contributed by atoms with Gasteiger partial charge in [-0.15, -0.1) is 0 Å². The van der Waals surface area contributed by atoms with Gasteiger partial charge in [0.05, 0.1) is 5.56 Å². The molecule has 0 aliphatic carbocycles. The molecule has 0 spiro atoms. The zero-order valence-corrected chi connectivity index (χ0v) is 19.2. The molecular weight excluding hydrogens is 439 g/mol.